The normalized spacial score (nSPS) is 16.4. The number of hydrogen-bond acceptors (Lipinski definition) is 12. The molecule has 3 aromatic heterocycles. The number of benzene rings is 2. The largest absolute Gasteiger partial charge is 0.478 e. The van der Waals surface area contributed by atoms with E-state index in [2.05, 4.69) is 31.3 Å². The van der Waals surface area contributed by atoms with Crippen LogP contribution in [0.15, 0.2) is 53.5 Å². The highest BCUT2D eigenvalue weighted by molar-refractivity contribution is 6.33. The van der Waals surface area contributed by atoms with Gasteiger partial charge in [-0.2, -0.15) is 10.1 Å². The standard InChI is InChI=1S/C36H38ClN11O6/c1-38-30(51)19-54-27-16-20-15-21(7-9-26(20)45(2)35(27)53)40-33-24(37)17-39-36(43-33)48-13-11-47(12-14-48)18-29(50)41-25-6-4-5-22-31(44-46(3)32(22)25)23-8-10-28(49)42-34(23)52/h4-7,9,15-17,23H,8,10-14,18-19H2,1-3H3,(H,38,51)(H,41,50)(H,39,40,43)(H,42,49,52). The average Bonchev–Trinajstić information content (AvgIpc) is 3.50. The summed E-state index contributed by atoms with van der Waals surface area (Å²) >= 11 is 6.51. The highest BCUT2D eigenvalue weighted by Gasteiger charge is 2.32. The SMILES string of the molecule is CNC(=O)COc1cc2cc(Nc3nc(N4CCN(CC(=O)Nc5cccc6c(C7CCC(=O)NC7=O)nn(C)c56)CC4)ncc3Cl)ccc2n(C)c1=O. The van der Waals surface area contributed by atoms with E-state index < -0.39 is 5.92 Å². The quantitative estimate of drug-likeness (QED) is 0.152. The molecular formula is C36H38ClN11O6. The molecule has 280 valence electrons. The van der Waals surface area contributed by atoms with Crippen LogP contribution in [-0.2, 0) is 33.3 Å². The first-order valence-electron chi connectivity index (χ1n) is 17.3. The lowest BCUT2D eigenvalue weighted by Crippen LogP contribution is -2.49. The van der Waals surface area contributed by atoms with Gasteiger partial charge in [0.15, 0.2) is 18.2 Å². The highest BCUT2D eigenvalue weighted by atomic mass is 35.5. The van der Waals surface area contributed by atoms with Gasteiger partial charge in [0, 0.05) is 70.2 Å². The van der Waals surface area contributed by atoms with Gasteiger partial charge in [0.2, 0.25) is 23.7 Å². The molecule has 18 heteroatoms. The second kappa shape index (κ2) is 15.1. The number of amides is 4. The fraction of sp³-hybridized carbons (Fsp3) is 0.333. The molecule has 2 saturated heterocycles. The van der Waals surface area contributed by atoms with Gasteiger partial charge < -0.3 is 30.2 Å². The van der Waals surface area contributed by atoms with Crippen LogP contribution in [0.4, 0.5) is 23.1 Å². The van der Waals surface area contributed by atoms with Crippen molar-refractivity contribution < 1.29 is 23.9 Å². The van der Waals surface area contributed by atoms with E-state index >= 15 is 0 Å². The third kappa shape index (κ3) is 7.40. The number of fused-ring (bicyclic) bond motifs is 2. The monoisotopic (exact) mass is 755 g/mol. The van der Waals surface area contributed by atoms with E-state index in [4.69, 9.17) is 21.3 Å². The predicted octanol–water partition coefficient (Wildman–Crippen LogP) is 2.02. The lowest BCUT2D eigenvalue weighted by atomic mass is 9.92. The minimum Gasteiger partial charge on any atom is -0.478 e. The van der Waals surface area contributed by atoms with E-state index in [9.17, 15) is 24.0 Å². The molecule has 2 aromatic carbocycles. The second-order valence-corrected chi connectivity index (χ2v) is 13.5. The molecule has 2 aliphatic heterocycles. The third-order valence-electron chi connectivity index (χ3n) is 9.58. The molecular weight excluding hydrogens is 718 g/mol. The summed E-state index contributed by atoms with van der Waals surface area (Å²) in [5.41, 5.74) is 2.84. The number of carbonyl (C=O) groups excluding carboxylic acids is 4. The minimum atomic E-state index is -0.543. The molecule has 54 heavy (non-hydrogen) atoms. The Morgan fingerprint density at radius 3 is 2.59 bits per heavy atom. The molecule has 4 amide bonds. The van der Waals surface area contributed by atoms with Crippen LogP contribution < -0.4 is 36.5 Å². The van der Waals surface area contributed by atoms with Gasteiger partial charge in [0.25, 0.3) is 11.5 Å². The van der Waals surface area contributed by atoms with Crippen molar-refractivity contribution >= 4 is 80.2 Å². The van der Waals surface area contributed by atoms with Crippen LogP contribution in [0.2, 0.25) is 5.02 Å². The summed E-state index contributed by atoms with van der Waals surface area (Å²) in [4.78, 5) is 75.2. The van der Waals surface area contributed by atoms with Gasteiger partial charge >= 0.3 is 0 Å². The summed E-state index contributed by atoms with van der Waals surface area (Å²) in [5.74, 6) is -0.803. The Morgan fingerprint density at radius 2 is 1.83 bits per heavy atom. The Bertz CT molecular complexity index is 2370. The number of aryl methyl sites for hydroxylation is 2. The van der Waals surface area contributed by atoms with Crippen molar-refractivity contribution in [1.29, 1.82) is 0 Å². The first-order valence-corrected chi connectivity index (χ1v) is 17.7. The fourth-order valence-corrected chi connectivity index (χ4v) is 6.90. The predicted molar refractivity (Wildman–Crippen MR) is 202 cm³/mol. The lowest BCUT2D eigenvalue weighted by Gasteiger charge is -2.34. The van der Waals surface area contributed by atoms with Crippen LogP contribution in [0.1, 0.15) is 24.5 Å². The molecule has 5 aromatic rings. The highest BCUT2D eigenvalue weighted by Crippen LogP contribution is 2.33. The first kappa shape index (κ1) is 36.3. The van der Waals surface area contributed by atoms with E-state index in [1.807, 2.05) is 28.0 Å². The van der Waals surface area contributed by atoms with Gasteiger partial charge in [0.1, 0.15) is 5.02 Å². The van der Waals surface area contributed by atoms with Crippen LogP contribution in [-0.4, -0.2) is 99.2 Å². The molecule has 0 bridgehead atoms. The van der Waals surface area contributed by atoms with Gasteiger partial charge in [-0.3, -0.25) is 38.9 Å². The number of imide groups is 1. The Morgan fingerprint density at radius 1 is 1.04 bits per heavy atom. The summed E-state index contributed by atoms with van der Waals surface area (Å²) in [6.07, 6.45) is 2.16. The van der Waals surface area contributed by atoms with Crippen molar-refractivity contribution in [1.82, 2.24) is 39.8 Å². The van der Waals surface area contributed by atoms with Crippen molar-refractivity contribution in [3.63, 3.8) is 0 Å². The van der Waals surface area contributed by atoms with Crippen LogP contribution in [0.3, 0.4) is 0 Å². The number of hydrogen-bond donors (Lipinski definition) is 4. The molecule has 0 radical (unpaired) electrons. The van der Waals surface area contributed by atoms with Gasteiger partial charge in [-0.15, -0.1) is 0 Å². The number of likely N-dealkylation sites (N-methyl/N-ethyl adjacent to an activating group) is 1. The number of aromatic nitrogens is 5. The van der Waals surface area contributed by atoms with Crippen LogP contribution in [0.25, 0.3) is 21.8 Å². The van der Waals surface area contributed by atoms with Crippen molar-refractivity contribution in [3.8, 4) is 5.75 Å². The molecule has 0 aliphatic carbocycles. The summed E-state index contributed by atoms with van der Waals surface area (Å²) in [6, 6.07) is 12.5. The molecule has 4 N–H and O–H groups in total. The van der Waals surface area contributed by atoms with Gasteiger partial charge in [-0.1, -0.05) is 23.7 Å². The number of pyridine rings is 1. The number of carbonyl (C=O) groups is 4. The van der Waals surface area contributed by atoms with E-state index in [0.29, 0.717) is 82.9 Å². The van der Waals surface area contributed by atoms with E-state index in [1.165, 1.54) is 17.8 Å². The number of nitrogens with zero attached hydrogens (tertiary/aromatic N) is 7. The van der Waals surface area contributed by atoms with E-state index in [0.717, 1.165) is 5.39 Å². The Labute approximate surface area is 313 Å². The minimum absolute atomic E-state index is 0.0520. The molecule has 17 nitrogen and oxygen atoms in total. The maximum absolute atomic E-state index is 13.3. The van der Waals surface area contributed by atoms with Crippen molar-refractivity contribution in [3.05, 3.63) is 69.7 Å². The van der Waals surface area contributed by atoms with Crippen LogP contribution >= 0.6 is 11.6 Å². The molecule has 7 rings (SSSR count). The zero-order valence-corrected chi connectivity index (χ0v) is 30.6. The molecule has 1 atom stereocenters. The zero-order valence-electron chi connectivity index (χ0n) is 29.8. The van der Waals surface area contributed by atoms with E-state index in [-0.39, 0.29) is 54.5 Å². The summed E-state index contributed by atoms with van der Waals surface area (Å²) in [7, 11) is 4.89. The average molecular weight is 756 g/mol. The maximum atomic E-state index is 13.3. The molecule has 1 unspecified atom stereocenters. The van der Waals surface area contributed by atoms with Crippen LogP contribution in [0.5, 0.6) is 5.75 Å². The van der Waals surface area contributed by atoms with E-state index in [1.54, 1.807) is 43.0 Å². The van der Waals surface area contributed by atoms with Gasteiger partial charge in [-0.05, 0) is 36.8 Å². The summed E-state index contributed by atoms with van der Waals surface area (Å²) in [5, 5.41) is 17.5. The first-order chi connectivity index (χ1) is 26.0. The number of piperazine rings is 1. The summed E-state index contributed by atoms with van der Waals surface area (Å²) < 4.78 is 8.59. The summed E-state index contributed by atoms with van der Waals surface area (Å²) in [6.45, 7) is 2.21. The number of nitrogens with one attached hydrogen (secondary N) is 4. The molecule has 0 saturated carbocycles. The zero-order chi connectivity index (χ0) is 38.1. The Hall–Kier alpha value is -6.07. The topological polar surface area (TPSA) is 198 Å². The van der Waals surface area contributed by atoms with Gasteiger partial charge in [0.05, 0.1) is 41.1 Å². The number of rotatable bonds is 10. The Balaban J connectivity index is 0.983. The fourth-order valence-electron chi connectivity index (χ4n) is 6.76. The van der Waals surface area contributed by atoms with Crippen molar-refractivity contribution in [2.45, 2.75) is 18.8 Å². The second-order valence-electron chi connectivity index (χ2n) is 13.1. The maximum Gasteiger partial charge on any atom is 0.293 e. The molecule has 2 fully saturated rings. The Kier molecular flexibility index (Phi) is 10.2. The molecule has 5 heterocycles. The molecule has 0 spiro atoms. The number of para-hydroxylation sites is 1. The number of halogens is 1. The smallest absolute Gasteiger partial charge is 0.293 e. The van der Waals surface area contributed by atoms with Crippen molar-refractivity contribution in [2.24, 2.45) is 14.1 Å². The third-order valence-corrected chi connectivity index (χ3v) is 9.86. The van der Waals surface area contributed by atoms with Gasteiger partial charge in [-0.25, -0.2) is 4.98 Å². The molecule has 2 aliphatic rings. The van der Waals surface area contributed by atoms with Crippen LogP contribution in [0, 0.1) is 0 Å². The van der Waals surface area contributed by atoms with Crippen molar-refractivity contribution in [2.75, 3.05) is 61.9 Å². The number of piperidine rings is 1. The number of anilines is 4. The lowest BCUT2D eigenvalue weighted by molar-refractivity contribution is -0.134. The number of ether oxygens (including phenoxy) is 1.